The zero-order chi connectivity index (χ0) is 15.2. The van der Waals surface area contributed by atoms with Crippen LogP contribution in [0.15, 0.2) is 6.20 Å². The summed E-state index contributed by atoms with van der Waals surface area (Å²) in [6.45, 7) is 10.6. The van der Waals surface area contributed by atoms with Crippen LogP contribution in [0.1, 0.15) is 57.7 Å². The SMILES string of the molecule is Cc1nc(OC2CCC(C)CC2)ncc1CNCC(C)C. The maximum atomic E-state index is 5.94. The van der Waals surface area contributed by atoms with Gasteiger partial charge in [0.1, 0.15) is 6.10 Å². The Kier molecular flexibility index (Phi) is 5.97. The van der Waals surface area contributed by atoms with Crippen LogP contribution in [0.2, 0.25) is 0 Å². The molecule has 1 N–H and O–H groups in total. The molecule has 1 saturated carbocycles. The highest BCUT2D eigenvalue weighted by Crippen LogP contribution is 2.26. The summed E-state index contributed by atoms with van der Waals surface area (Å²) in [7, 11) is 0. The maximum absolute atomic E-state index is 5.94. The third-order valence-corrected chi connectivity index (χ3v) is 4.16. The van der Waals surface area contributed by atoms with Crippen LogP contribution in [0.4, 0.5) is 0 Å². The van der Waals surface area contributed by atoms with Gasteiger partial charge in [0.15, 0.2) is 0 Å². The van der Waals surface area contributed by atoms with Crippen LogP contribution in [0.25, 0.3) is 0 Å². The lowest BCUT2D eigenvalue weighted by molar-refractivity contribution is 0.124. The number of hydrogen-bond acceptors (Lipinski definition) is 4. The van der Waals surface area contributed by atoms with Crippen molar-refractivity contribution in [2.45, 2.75) is 66.0 Å². The largest absolute Gasteiger partial charge is 0.460 e. The van der Waals surface area contributed by atoms with Gasteiger partial charge in [0.2, 0.25) is 0 Å². The molecule has 0 amide bonds. The number of aromatic nitrogens is 2. The van der Waals surface area contributed by atoms with Crippen LogP contribution in [0, 0.1) is 18.8 Å². The molecule has 0 aromatic carbocycles. The predicted molar refractivity (Wildman–Crippen MR) is 85.4 cm³/mol. The standard InChI is InChI=1S/C17H29N3O/c1-12(2)9-18-10-15-11-19-17(20-14(15)4)21-16-7-5-13(3)6-8-16/h11-13,16,18H,5-10H2,1-4H3. The van der Waals surface area contributed by atoms with E-state index in [9.17, 15) is 0 Å². The van der Waals surface area contributed by atoms with E-state index in [1.807, 2.05) is 13.1 Å². The Morgan fingerprint density at radius 3 is 2.62 bits per heavy atom. The molecule has 1 aliphatic carbocycles. The number of ether oxygens (including phenoxy) is 1. The Hall–Kier alpha value is -1.16. The minimum atomic E-state index is 0.297. The van der Waals surface area contributed by atoms with Crippen LogP contribution in [-0.2, 0) is 6.54 Å². The van der Waals surface area contributed by atoms with Crippen molar-refractivity contribution in [2.75, 3.05) is 6.54 Å². The molecule has 0 bridgehead atoms. The first-order valence-corrected chi connectivity index (χ1v) is 8.24. The lowest BCUT2D eigenvalue weighted by Crippen LogP contribution is -2.24. The summed E-state index contributed by atoms with van der Waals surface area (Å²) in [6.07, 6.45) is 6.95. The van der Waals surface area contributed by atoms with E-state index >= 15 is 0 Å². The summed E-state index contributed by atoms with van der Waals surface area (Å²) >= 11 is 0. The van der Waals surface area contributed by atoms with Gasteiger partial charge in [-0.2, -0.15) is 0 Å². The summed E-state index contributed by atoms with van der Waals surface area (Å²) in [6, 6.07) is 0.541. The minimum absolute atomic E-state index is 0.297. The van der Waals surface area contributed by atoms with Gasteiger partial charge in [-0.1, -0.05) is 20.8 Å². The minimum Gasteiger partial charge on any atom is -0.460 e. The third kappa shape index (κ3) is 5.27. The first-order valence-electron chi connectivity index (χ1n) is 8.24. The monoisotopic (exact) mass is 291 g/mol. The van der Waals surface area contributed by atoms with Gasteiger partial charge in [0.25, 0.3) is 0 Å². The molecule has 1 fully saturated rings. The fraction of sp³-hybridized carbons (Fsp3) is 0.765. The van der Waals surface area contributed by atoms with Crippen molar-refractivity contribution in [3.8, 4) is 6.01 Å². The predicted octanol–water partition coefficient (Wildman–Crippen LogP) is 3.49. The Labute approximate surface area is 128 Å². The third-order valence-electron chi connectivity index (χ3n) is 4.16. The molecule has 0 atom stereocenters. The van der Waals surface area contributed by atoms with Crippen molar-refractivity contribution in [1.82, 2.24) is 15.3 Å². The first-order chi connectivity index (χ1) is 10.0. The molecular formula is C17H29N3O. The molecule has 0 spiro atoms. The van der Waals surface area contributed by atoms with Crippen molar-refractivity contribution >= 4 is 0 Å². The highest BCUT2D eigenvalue weighted by molar-refractivity contribution is 5.17. The average molecular weight is 291 g/mol. The van der Waals surface area contributed by atoms with Gasteiger partial charge in [0, 0.05) is 24.0 Å². The molecule has 1 aromatic heterocycles. The van der Waals surface area contributed by atoms with Crippen molar-refractivity contribution in [3.63, 3.8) is 0 Å². The quantitative estimate of drug-likeness (QED) is 0.871. The van der Waals surface area contributed by atoms with Gasteiger partial charge in [-0.15, -0.1) is 0 Å². The van der Waals surface area contributed by atoms with E-state index in [-0.39, 0.29) is 0 Å². The molecular weight excluding hydrogens is 262 g/mol. The van der Waals surface area contributed by atoms with E-state index in [4.69, 9.17) is 4.74 Å². The molecule has 118 valence electrons. The van der Waals surface area contributed by atoms with E-state index in [0.29, 0.717) is 18.0 Å². The van der Waals surface area contributed by atoms with E-state index in [0.717, 1.165) is 43.1 Å². The molecule has 0 saturated heterocycles. The summed E-state index contributed by atoms with van der Waals surface area (Å²) in [4.78, 5) is 8.89. The second-order valence-corrected chi connectivity index (χ2v) is 6.79. The van der Waals surface area contributed by atoms with Gasteiger partial charge in [0.05, 0.1) is 0 Å². The topological polar surface area (TPSA) is 47.0 Å². The summed E-state index contributed by atoms with van der Waals surface area (Å²) in [5, 5.41) is 3.43. The zero-order valence-electron chi connectivity index (χ0n) is 13.9. The summed E-state index contributed by atoms with van der Waals surface area (Å²) in [5.74, 6) is 1.49. The van der Waals surface area contributed by atoms with E-state index in [1.54, 1.807) is 0 Å². The van der Waals surface area contributed by atoms with Crippen molar-refractivity contribution in [1.29, 1.82) is 0 Å². The number of hydrogen-bond donors (Lipinski definition) is 1. The van der Waals surface area contributed by atoms with Gasteiger partial charge >= 0.3 is 6.01 Å². The Morgan fingerprint density at radius 1 is 1.29 bits per heavy atom. The van der Waals surface area contributed by atoms with Crippen LogP contribution in [-0.4, -0.2) is 22.6 Å². The summed E-state index contributed by atoms with van der Waals surface area (Å²) < 4.78 is 5.94. The normalized spacial score (nSPS) is 22.5. The second kappa shape index (κ2) is 7.74. The Bertz CT molecular complexity index is 440. The molecule has 0 aliphatic heterocycles. The summed E-state index contributed by atoms with van der Waals surface area (Å²) in [5.41, 5.74) is 2.17. The van der Waals surface area contributed by atoms with Gasteiger partial charge in [-0.3, -0.25) is 0 Å². The van der Waals surface area contributed by atoms with Crippen LogP contribution in [0.3, 0.4) is 0 Å². The van der Waals surface area contributed by atoms with E-state index in [2.05, 4.69) is 36.1 Å². The van der Waals surface area contributed by atoms with Crippen LogP contribution in [0.5, 0.6) is 6.01 Å². The van der Waals surface area contributed by atoms with E-state index in [1.165, 1.54) is 12.8 Å². The highest BCUT2D eigenvalue weighted by atomic mass is 16.5. The molecule has 2 rings (SSSR count). The lowest BCUT2D eigenvalue weighted by Gasteiger charge is -2.26. The smallest absolute Gasteiger partial charge is 0.316 e. The van der Waals surface area contributed by atoms with Crippen molar-refractivity contribution in [3.05, 3.63) is 17.5 Å². The molecule has 1 aromatic rings. The van der Waals surface area contributed by atoms with Gasteiger partial charge < -0.3 is 10.1 Å². The number of rotatable bonds is 6. The second-order valence-electron chi connectivity index (χ2n) is 6.79. The first kappa shape index (κ1) is 16.2. The molecule has 4 nitrogen and oxygen atoms in total. The van der Waals surface area contributed by atoms with Crippen LogP contribution < -0.4 is 10.1 Å². The molecule has 1 heterocycles. The Balaban J connectivity index is 1.86. The van der Waals surface area contributed by atoms with Crippen molar-refractivity contribution < 1.29 is 4.74 Å². The lowest BCUT2D eigenvalue weighted by atomic mass is 9.89. The van der Waals surface area contributed by atoms with Gasteiger partial charge in [-0.05, 0) is 51.0 Å². The molecule has 21 heavy (non-hydrogen) atoms. The number of aryl methyl sites for hydroxylation is 1. The molecule has 0 unspecified atom stereocenters. The maximum Gasteiger partial charge on any atom is 0.316 e. The molecule has 1 aliphatic rings. The van der Waals surface area contributed by atoms with E-state index < -0.39 is 0 Å². The number of nitrogens with zero attached hydrogens (tertiary/aromatic N) is 2. The fourth-order valence-electron chi connectivity index (χ4n) is 2.69. The zero-order valence-corrected chi connectivity index (χ0v) is 13.9. The fourth-order valence-corrected chi connectivity index (χ4v) is 2.69. The molecule has 4 heteroatoms. The number of nitrogens with one attached hydrogen (secondary N) is 1. The average Bonchev–Trinajstić information content (AvgIpc) is 2.43. The highest BCUT2D eigenvalue weighted by Gasteiger charge is 2.20. The van der Waals surface area contributed by atoms with Crippen LogP contribution >= 0.6 is 0 Å². The molecule has 0 radical (unpaired) electrons. The Morgan fingerprint density at radius 2 is 2.00 bits per heavy atom. The van der Waals surface area contributed by atoms with Gasteiger partial charge in [-0.25, -0.2) is 9.97 Å². The van der Waals surface area contributed by atoms with Crippen molar-refractivity contribution in [2.24, 2.45) is 11.8 Å².